The van der Waals surface area contributed by atoms with E-state index in [0.717, 1.165) is 5.69 Å². The molecular weight excluding hydrogens is 208 g/mol. The van der Waals surface area contributed by atoms with Crippen molar-refractivity contribution in [3.8, 4) is 0 Å². The predicted molar refractivity (Wildman–Crippen MR) is 56.7 cm³/mol. The minimum atomic E-state index is -0.223. The third-order valence-corrected chi connectivity index (χ3v) is 2.54. The molecule has 0 radical (unpaired) electrons. The maximum atomic E-state index is 11.5. The molecule has 0 aromatic carbocycles. The van der Waals surface area contributed by atoms with Crippen molar-refractivity contribution in [2.75, 3.05) is 6.61 Å². The molecule has 6 heteroatoms. The van der Waals surface area contributed by atoms with Gasteiger partial charge in [-0.05, 0) is 19.8 Å². The van der Waals surface area contributed by atoms with E-state index in [1.165, 1.54) is 17.5 Å². The molecular formula is C10H16N4O2. The molecule has 6 nitrogen and oxygen atoms in total. The van der Waals surface area contributed by atoms with E-state index in [1.807, 2.05) is 6.20 Å². The van der Waals surface area contributed by atoms with Crippen LogP contribution in [-0.2, 0) is 11.3 Å². The van der Waals surface area contributed by atoms with Crippen molar-refractivity contribution in [3.63, 3.8) is 0 Å². The van der Waals surface area contributed by atoms with E-state index in [2.05, 4.69) is 15.6 Å². The third-order valence-electron chi connectivity index (χ3n) is 2.54. The fourth-order valence-corrected chi connectivity index (χ4v) is 1.47. The van der Waals surface area contributed by atoms with E-state index in [1.54, 1.807) is 6.92 Å². The molecule has 16 heavy (non-hydrogen) atoms. The summed E-state index contributed by atoms with van der Waals surface area (Å²) in [5.41, 5.74) is 0.975. The molecule has 0 spiro atoms. The number of carbonyl (C=O) groups excluding carboxylic acids is 1. The number of aliphatic hydroxyl groups is 1. The zero-order valence-electron chi connectivity index (χ0n) is 9.26. The summed E-state index contributed by atoms with van der Waals surface area (Å²) in [6, 6.07) is -0.223. The van der Waals surface area contributed by atoms with Crippen molar-refractivity contribution in [2.45, 2.75) is 38.3 Å². The van der Waals surface area contributed by atoms with Crippen molar-refractivity contribution in [1.82, 2.24) is 20.3 Å². The lowest BCUT2D eigenvalue weighted by Gasteiger charge is -2.09. The van der Waals surface area contributed by atoms with Crippen molar-refractivity contribution < 1.29 is 9.90 Å². The quantitative estimate of drug-likeness (QED) is 0.716. The lowest BCUT2D eigenvalue weighted by Crippen LogP contribution is -2.37. The van der Waals surface area contributed by atoms with E-state index in [9.17, 15) is 4.79 Å². The van der Waals surface area contributed by atoms with Crippen LogP contribution in [0.25, 0.3) is 0 Å². The average molecular weight is 224 g/mol. The van der Waals surface area contributed by atoms with Gasteiger partial charge >= 0.3 is 0 Å². The number of hydrogen-bond donors (Lipinski definition) is 2. The first-order chi connectivity index (χ1) is 7.69. The molecule has 1 amide bonds. The Morgan fingerprint density at radius 2 is 2.50 bits per heavy atom. The Balaban J connectivity index is 1.85. The predicted octanol–water partition coefficient (Wildman–Crippen LogP) is -0.348. The smallest absolute Gasteiger partial charge is 0.242 e. The highest BCUT2D eigenvalue weighted by atomic mass is 16.3. The number of hydrogen-bond acceptors (Lipinski definition) is 4. The van der Waals surface area contributed by atoms with Gasteiger partial charge in [0, 0.05) is 18.2 Å². The van der Waals surface area contributed by atoms with Crippen LogP contribution >= 0.6 is 0 Å². The molecule has 1 fully saturated rings. The van der Waals surface area contributed by atoms with Gasteiger partial charge in [0.1, 0.15) is 6.54 Å². The van der Waals surface area contributed by atoms with Gasteiger partial charge in [-0.3, -0.25) is 4.79 Å². The number of carbonyl (C=O) groups is 1. The fourth-order valence-electron chi connectivity index (χ4n) is 1.47. The summed E-state index contributed by atoms with van der Waals surface area (Å²) in [7, 11) is 0. The molecule has 1 aliphatic rings. The van der Waals surface area contributed by atoms with Crippen molar-refractivity contribution in [1.29, 1.82) is 0 Å². The van der Waals surface area contributed by atoms with Gasteiger partial charge in [-0.15, -0.1) is 5.10 Å². The summed E-state index contributed by atoms with van der Waals surface area (Å²) >= 11 is 0. The molecule has 1 aromatic rings. The number of nitrogens with one attached hydrogen (secondary N) is 1. The van der Waals surface area contributed by atoms with E-state index in [-0.39, 0.29) is 25.1 Å². The third kappa shape index (κ3) is 2.79. The molecule has 0 saturated heterocycles. The number of rotatable bonds is 5. The summed E-state index contributed by atoms with van der Waals surface area (Å²) in [5, 5.41) is 19.3. The minimum Gasteiger partial charge on any atom is -0.394 e. The van der Waals surface area contributed by atoms with Crippen LogP contribution in [0.4, 0.5) is 0 Å². The molecule has 0 aliphatic heterocycles. The van der Waals surface area contributed by atoms with E-state index in [0.29, 0.717) is 5.92 Å². The Labute approximate surface area is 93.6 Å². The monoisotopic (exact) mass is 224 g/mol. The second kappa shape index (κ2) is 4.61. The first kappa shape index (κ1) is 11.1. The normalized spacial score (nSPS) is 17.1. The summed E-state index contributed by atoms with van der Waals surface area (Å²) in [5.74, 6) is 0.391. The Morgan fingerprint density at radius 3 is 3.12 bits per heavy atom. The topological polar surface area (TPSA) is 80.0 Å². The molecule has 1 atom stereocenters. The number of aromatic nitrogens is 3. The van der Waals surface area contributed by atoms with E-state index >= 15 is 0 Å². The van der Waals surface area contributed by atoms with Crippen LogP contribution in [-0.4, -0.2) is 38.7 Å². The van der Waals surface area contributed by atoms with Crippen LogP contribution in [0, 0.1) is 0 Å². The van der Waals surface area contributed by atoms with Crippen LogP contribution in [0.15, 0.2) is 6.20 Å². The zero-order valence-corrected chi connectivity index (χ0v) is 9.26. The maximum absolute atomic E-state index is 11.5. The van der Waals surface area contributed by atoms with Crippen LogP contribution < -0.4 is 5.32 Å². The standard InChI is InChI=1S/C10H16N4O2/c1-7(6-15)11-10(16)5-14-4-9(12-13-14)8-2-3-8/h4,7-8,15H,2-3,5-6H2,1H3,(H,11,16). The maximum Gasteiger partial charge on any atom is 0.242 e. The summed E-state index contributed by atoms with van der Waals surface area (Å²) in [6.45, 7) is 1.84. The van der Waals surface area contributed by atoms with Gasteiger partial charge in [-0.1, -0.05) is 5.21 Å². The number of nitrogens with zero attached hydrogens (tertiary/aromatic N) is 3. The molecule has 88 valence electrons. The average Bonchev–Trinajstić information content (AvgIpc) is 3.00. The minimum absolute atomic E-state index is 0.0591. The Hall–Kier alpha value is -1.43. The van der Waals surface area contributed by atoms with Gasteiger partial charge in [-0.25, -0.2) is 4.68 Å². The fraction of sp³-hybridized carbons (Fsp3) is 0.700. The van der Waals surface area contributed by atoms with Crippen LogP contribution in [0.2, 0.25) is 0 Å². The van der Waals surface area contributed by atoms with Crippen molar-refractivity contribution in [2.24, 2.45) is 0 Å². The lowest BCUT2D eigenvalue weighted by molar-refractivity contribution is -0.122. The first-order valence-electron chi connectivity index (χ1n) is 5.49. The van der Waals surface area contributed by atoms with Crippen molar-refractivity contribution in [3.05, 3.63) is 11.9 Å². The Bertz CT molecular complexity index is 373. The van der Waals surface area contributed by atoms with E-state index in [4.69, 9.17) is 5.11 Å². The van der Waals surface area contributed by atoms with Gasteiger partial charge in [0.05, 0.1) is 12.3 Å². The first-order valence-corrected chi connectivity index (χ1v) is 5.49. The van der Waals surface area contributed by atoms with Gasteiger partial charge in [0.2, 0.25) is 5.91 Å². The van der Waals surface area contributed by atoms with Gasteiger partial charge in [0.25, 0.3) is 0 Å². The highest BCUT2D eigenvalue weighted by Crippen LogP contribution is 2.38. The second-order valence-corrected chi connectivity index (χ2v) is 4.27. The summed E-state index contributed by atoms with van der Waals surface area (Å²) in [4.78, 5) is 11.5. The number of aliphatic hydroxyl groups excluding tert-OH is 1. The largest absolute Gasteiger partial charge is 0.394 e. The molecule has 0 bridgehead atoms. The highest BCUT2D eigenvalue weighted by Gasteiger charge is 2.26. The molecule has 1 saturated carbocycles. The molecule has 2 rings (SSSR count). The summed E-state index contributed by atoms with van der Waals surface area (Å²) in [6.07, 6.45) is 4.17. The highest BCUT2D eigenvalue weighted by molar-refractivity contribution is 5.75. The van der Waals surface area contributed by atoms with Gasteiger partial charge in [-0.2, -0.15) is 0 Å². The van der Waals surface area contributed by atoms with Crippen molar-refractivity contribution >= 4 is 5.91 Å². The van der Waals surface area contributed by atoms with E-state index < -0.39 is 0 Å². The molecule has 2 N–H and O–H groups in total. The second-order valence-electron chi connectivity index (χ2n) is 4.27. The Kier molecular flexibility index (Phi) is 3.19. The summed E-state index contributed by atoms with van der Waals surface area (Å²) < 4.78 is 1.53. The van der Waals surface area contributed by atoms with Gasteiger partial charge in [0.15, 0.2) is 0 Å². The van der Waals surface area contributed by atoms with Crippen LogP contribution in [0.1, 0.15) is 31.4 Å². The SMILES string of the molecule is CC(CO)NC(=O)Cn1cc(C2CC2)nn1. The number of amides is 1. The lowest BCUT2D eigenvalue weighted by atomic mass is 10.3. The molecule has 1 aliphatic carbocycles. The molecule has 1 aromatic heterocycles. The molecule has 1 unspecified atom stereocenters. The zero-order chi connectivity index (χ0) is 11.5. The molecule has 1 heterocycles. The Morgan fingerprint density at radius 1 is 1.75 bits per heavy atom. The van der Waals surface area contributed by atoms with Crippen LogP contribution in [0.3, 0.4) is 0 Å². The van der Waals surface area contributed by atoms with Gasteiger partial charge < -0.3 is 10.4 Å². The van der Waals surface area contributed by atoms with Crippen LogP contribution in [0.5, 0.6) is 0 Å².